The number of amides is 2. The highest BCUT2D eigenvalue weighted by atomic mass is 127. The van der Waals surface area contributed by atoms with Crippen molar-refractivity contribution in [2.45, 2.75) is 0 Å². The molecule has 0 aliphatic heterocycles. The lowest BCUT2D eigenvalue weighted by Gasteiger charge is -2.09. The molecular formula is C17H13F2IN2O4. The lowest BCUT2D eigenvalue weighted by atomic mass is 10.2. The first kappa shape index (κ1) is 19.8. The predicted molar refractivity (Wildman–Crippen MR) is 97.4 cm³/mol. The van der Waals surface area contributed by atoms with Gasteiger partial charge in [0, 0.05) is 9.64 Å². The van der Waals surface area contributed by atoms with E-state index in [2.05, 4.69) is 10.6 Å². The second kappa shape index (κ2) is 9.22. The highest BCUT2D eigenvalue weighted by molar-refractivity contribution is 14.1. The molecule has 0 aliphatic carbocycles. The maximum atomic E-state index is 13.4. The number of rotatable bonds is 6. The predicted octanol–water partition coefficient (Wildman–Crippen LogP) is 2.48. The van der Waals surface area contributed by atoms with Crippen molar-refractivity contribution >= 4 is 46.1 Å². The Morgan fingerprint density at radius 3 is 2.50 bits per heavy atom. The summed E-state index contributed by atoms with van der Waals surface area (Å²) in [7, 11) is 0. The molecule has 0 unspecified atom stereocenters. The molecule has 0 bridgehead atoms. The first-order valence-electron chi connectivity index (χ1n) is 7.30. The molecule has 2 rings (SSSR count). The molecule has 0 saturated heterocycles. The van der Waals surface area contributed by atoms with Crippen LogP contribution in [0.2, 0.25) is 0 Å². The Hall–Kier alpha value is -2.56. The standard InChI is InChI=1S/C17H13F2IN2O4/c18-10-5-6-14(12(19)7-10)22-15(23)9-26-16(24)8-21-17(25)11-3-1-2-4-13(11)20/h1-7H,8-9H2,(H,21,25)(H,22,23). The average molecular weight is 474 g/mol. The van der Waals surface area contributed by atoms with Crippen molar-refractivity contribution < 1.29 is 27.9 Å². The van der Waals surface area contributed by atoms with Gasteiger partial charge in [0.25, 0.3) is 11.8 Å². The molecule has 2 amide bonds. The molecule has 136 valence electrons. The third-order valence-corrected chi connectivity index (χ3v) is 4.02. The summed E-state index contributed by atoms with van der Waals surface area (Å²) in [5.74, 6) is -3.82. The highest BCUT2D eigenvalue weighted by Crippen LogP contribution is 2.14. The topological polar surface area (TPSA) is 84.5 Å². The van der Waals surface area contributed by atoms with Crippen molar-refractivity contribution in [1.29, 1.82) is 0 Å². The first-order valence-corrected chi connectivity index (χ1v) is 8.38. The van der Waals surface area contributed by atoms with Crippen LogP contribution in [0.5, 0.6) is 0 Å². The molecule has 2 N–H and O–H groups in total. The number of halogens is 3. The number of anilines is 1. The van der Waals surface area contributed by atoms with Gasteiger partial charge in [0.05, 0.1) is 11.3 Å². The van der Waals surface area contributed by atoms with Crippen molar-refractivity contribution in [3.8, 4) is 0 Å². The summed E-state index contributed by atoms with van der Waals surface area (Å²) in [6.45, 7) is -1.10. The zero-order valence-electron chi connectivity index (χ0n) is 13.2. The van der Waals surface area contributed by atoms with Gasteiger partial charge in [-0.25, -0.2) is 8.78 Å². The average Bonchev–Trinajstić information content (AvgIpc) is 2.60. The summed E-state index contributed by atoms with van der Waals surface area (Å²) in [5.41, 5.74) is 0.171. The van der Waals surface area contributed by atoms with Gasteiger partial charge in [-0.15, -0.1) is 0 Å². The first-order chi connectivity index (χ1) is 12.4. The summed E-state index contributed by atoms with van der Waals surface area (Å²) < 4.78 is 31.6. The van der Waals surface area contributed by atoms with Gasteiger partial charge < -0.3 is 15.4 Å². The Morgan fingerprint density at radius 1 is 1.08 bits per heavy atom. The molecule has 0 aliphatic rings. The number of benzene rings is 2. The van der Waals surface area contributed by atoms with Crippen LogP contribution in [0.3, 0.4) is 0 Å². The molecule has 26 heavy (non-hydrogen) atoms. The molecule has 2 aromatic rings. The maximum Gasteiger partial charge on any atom is 0.325 e. The van der Waals surface area contributed by atoms with Crippen LogP contribution in [0.1, 0.15) is 10.4 Å². The molecule has 0 fully saturated rings. The van der Waals surface area contributed by atoms with Crippen molar-refractivity contribution in [2.24, 2.45) is 0 Å². The molecule has 0 radical (unpaired) electrons. The lowest BCUT2D eigenvalue weighted by Crippen LogP contribution is -2.32. The number of nitrogens with one attached hydrogen (secondary N) is 2. The van der Waals surface area contributed by atoms with E-state index in [1.807, 2.05) is 22.6 Å². The SMILES string of the molecule is O=C(COC(=O)CNC(=O)c1ccccc1I)Nc1ccc(F)cc1F. The Kier molecular flexibility index (Phi) is 7.01. The fourth-order valence-electron chi connectivity index (χ4n) is 1.87. The number of hydrogen-bond donors (Lipinski definition) is 2. The van der Waals surface area contributed by atoms with Crippen LogP contribution in [0, 0.1) is 15.2 Å². The van der Waals surface area contributed by atoms with Crippen molar-refractivity contribution in [3.63, 3.8) is 0 Å². The fourth-order valence-corrected chi connectivity index (χ4v) is 2.50. The van der Waals surface area contributed by atoms with Gasteiger partial charge in [0.15, 0.2) is 6.61 Å². The highest BCUT2D eigenvalue weighted by Gasteiger charge is 2.13. The largest absolute Gasteiger partial charge is 0.454 e. The van der Waals surface area contributed by atoms with E-state index >= 15 is 0 Å². The van der Waals surface area contributed by atoms with Gasteiger partial charge >= 0.3 is 5.97 Å². The minimum absolute atomic E-state index is 0.237. The van der Waals surface area contributed by atoms with Crippen LogP contribution >= 0.6 is 22.6 Å². The van der Waals surface area contributed by atoms with Crippen LogP contribution in [-0.4, -0.2) is 30.9 Å². The summed E-state index contributed by atoms with van der Waals surface area (Å²) in [4.78, 5) is 35.1. The number of hydrogen-bond acceptors (Lipinski definition) is 4. The van der Waals surface area contributed by atoms with Crippen LogP contribution in [0.25, 0.3) is 0 Å². The van der Waals surface area contributed by atoms with Gasteiger partial charge in [-0.1, -0.05) is 12.1 Å². The normalized spacial score (nSPS) is 10.1. The Bertz CT molecular complexity index is 845. The molecule has 0 spiro atoms. The van der Waals surface area contributed by atoms with E-state index in [0.29, 0.717) is 11.6 Å². The Balaban J connectivity index is 1.77. The number of carbonyl (C=O) groups excluding carboxylic acids is 3. The Morgan fingerprint density at radius 2 is 1.81 bits per heavy atom. The molecular weight excluding hydrogens is 461 g/mol. The quantitative estimate of drug-likeness (QED) is 0.498. The van der Waals surface area contributed by atoms with Crippen LogP contribution in [0.15, 0.2) is 42.5 Å². The monoisotopic (exact) mass is 474 g/mol. The van der Waals surface area contributed by atoms with Crippen LogP contribution in [0.4, 0.5) is 14.5 Å². The minimum Gasteiger partial charge on any atom is -0.454 e. The molecule has 0 saturated carbocycles. The second-order valence-electron chi connectivity index (χ2n) is 5.00. The van der Waals surface area contributed by atoms with Crippen LogP contribution in [-0.2, 0) is 14.3 Å². The number of esters is 1. The van der Waals surface area contributed by atoms with E-state index < -0.39 is 42.6 Å². The number of carbonyl (C=O) groups is 3. The van der Waals surface area contributed by atoms with E-state index in [-0.39, 0.29) is 5.69 Å². The summed E-state index contributed by atoms with van der Waals surface area (Å²) in [5, 5.41) is 4.52. The molecule has 9 heteroatoms. The summed E-state index contributed by atoms with van der Waals surface area (Å²) >= 11 is 1.99. The van der Waals surface area contributed by atoms with Crippen molar-refractivity contribution in [2.75, 3.05) is 18.5 Å². The number of ether oxygens (including phenoxy) is 1. The van der Waals surface area contributed by atoms with Gasteiger partial charge in [0.1, 0.15) is 18.2 Å². The van der Waals surface area contributed by atoms with Gasteiger partial charge in [-0.05, 0) is 46.9 Å². The lowest BCUT2D eigenvalue weighted by molar-refractivity contribution is -0.146. The van der Waals surface area contributed by atoms with Crippen molar-refractivity contribution in [1.82, 2.24) is 5.32 Å². The fraction of sp³-hybridized carbons (Fsp3) is 0.118. The molecule has 0 heterocycles. The third kappa shape index (κ3) is 5.76. The van der Waals surface area contributed by atoms with Gasteiger partial charge in [0.2, 0.25) is 0 Å². The van der Waals surface area contributed by atoms with Crippen LogP contribution < -0.4 is 10.6 Å². The van der Waals surface area contributed by atoms with E-state index in [9.17, 15) is 23.2 Å². The van der Waals surface area contributed by atoms with E-state index in [4.69, 9.17) is 4.74 Å². The molecule has 0 atom stereocenters. The summed E-state index contributed by atoms with van der Waals surface area (Å²) in [6.07, 6.45) is 0. The second-order valence-corrected chi connectivity index (χ2v) is 6.16. The molecule has 0 aromatic heterocycles. The smallest absolute Gasteiger partial charge is 0.325 e. The minimum atomic E-state index is -0.950. The van der Waals surface area contributed by atoms with E-state index in [1.165, 1.54) is 0 Å². The molecule has 6 nitrogen and oxygen atoms in total. The Labute approximate surface area is 161 Å². The van der Waals surface area contributed by atoms with E-state index in [0.717, 1.165) is 15.7 Å². The van der Waals surface area contributed by atoms with Gasteiger partial charge in [-0.3, -0.25) is 14.4 Å². The summed E-state index contributed by atoms with van der Waals surface area (Å²) in [6, 6.07) is 9.45. The van der Waals surface area contributed by atoms with Crippen molar-refractivity contribution in [3.05, 3.63) is 63.2 Å². The zero-order valence-corrected chi connectivity index (χ0v) is 15.4. The molecule has 2 aromatic carbocycles. The van der Waals surface area contributed by atoms with Gasteiger partial charge in [-0.2, -0.15) is 0 Å². The third-order valence-electron chi connectivity index (χ3n) is 3.08. The zero-order chi connectivity index (χ0) is 19.1. The maximum absolute atomic E-state index is 13.4. The van der Waals surface area contributed by atoms with E-state index in [1.54, 1.807) is 24.3 Å².